The van der Waals surface area contributed by atoms with E-state index in [1.54, 1.807) is 0 Å². The minimum Gasteiger partial charge on any atom is -0.393 e. The third kappa shape index (κ3) is 2.33. The standard InChI is InChI=1S/C11H13F2NO/c12-10-2-1-3-11(13)9(10)6-14-7-4-8(15)5-7/h1-3,7-8,14-15H,4-6H2. The molecule has 0 unspecified atom stereocenters. The second-order valence-electron chi connectivity index (χ2n) is 3.90. The summed E-state index contributed by atoms with van der Waals surface area (Å²) >= 11 is 0. The Labute approximate surface area is 86.9 Å². The normalized spacial score (nSPS) is 25.0. The monoisotopic (exact) mass is 213 g/mol. The highest BCUT2D eigenvalue weighted by Gasteiger charge is 2.26. The SMILES string of the molecule is OC1CC(NCc2c(F)cccc2F)C1. The van der Waals surface area contributed by atoms with Crippen molar-refractivity contribution in [1.29, 1.82) is 0 Å². The summed E-state index contributed by atoms with van der Waals surface area (Å²) in [6.45, 7) is 0.176. The molecule has 1 saturated carbocycles. The number of hydrogen-bond donors (Lipinski definition) is 2. The average molecular weight is 213 g/mol. The number of halogens is 2. The molecule has 0 spiro atoms. The van der Waals surface area contributed by atoms with Crippen LogP contribution in [0.5, 0.6) is 0 Å². The quantitative estimate of drug-likeness (QED) is 0.799. The van der Waals surface area contributed by atoms with Gasteiger partial charge in [-0.3, -0.25) is 0 Å². The Morgan fingerprint density at radius 2 is 1.87 bits per heavy atom. The molecule has 2 rings (SSSR count). The Morgan fingerprint density at radius 1 is 1.27 bits per heavy atom. The Morgan fingerprint density at radius 3 is 2.40 bits per heavy atom. The van der Waals surface area contributed by atoms with Gasteiger partial charge < -0.3 is 10.4 Å². The zero-order valence-electron chi connectivity index (χ0n) is 8.21. The van der Waals surface area contributed by atoms with Crippen LogP contribution in [0, 0.1) is 11.6 Å². The van der Waals surface area contributed by atoms with E-state index >= 15 is 0 Å². The van der Waals surface area contributed by atoms with Crippen molar-refractivity contribution in [2.75, 3.05) is 0 Å². The van der Waals surface area contributed by atoms with E-state index in [1.807, 2.05) is 0 Å². The summed E-state index contributed by atoms with van der Waals surface area (Å²) in [6.07, 6.45) is 1.07. The van der Waals surface area contributed by atoms with Crippen LogP contribution >= 0.6 is 0 Å². The predicted octanol–water partition coefficient (Wildman–Crippen LogP) is 1.58. The molecule has 0 radical (unpaired) electrons. The Balaban J connectivity index is 1.93. The Hall–Kier alpha value is -1.00. The molecule has 0 bridgehead atoms. The Kier molecular flexibility index (Phi) is 2.98. The molecule has 0 amide bonds. The minimum atomic E-state index is -0.526. The van der Waals surface area contributed by atoms with Gasteiger partial charge in [0, 0.05) is 18.2 Å². The summed E-state index contributed by atoms with van der Waals surface area (Å²) in [5, 5.41) is 12.0. The largest absolute Gasteiger partial charge is 0.393 e. The lowest BCUT2D eigenvalue weighted by Crippen LogP contribution is -2.43. The van der Waals surface area contributed by atoms with Crippen molar-refractivity contribution in [2.45, 2.75) is 31.5 Å². The predicted molar refractivity (Wildman–Crippen MR) is 52.2 cm³/mol. The van der Waals surface area contributed by atoms with E-state index in [0.717, 1.165) is 0 Å². The van der Waals surface area contributed by atoms with Gasteiger partial charge in [-0.1, -0.05) is 6.07 Å². The lowest BCUT2D eigenvalue weighted by molar-refractivity contribution is 0.0617. The van der Waals surface area contributed by atoms with Gasteiger partial charge >= 0.3 is 0 Å². The highest BCUT2D eigenvalue weighted by atomic mass is 19.1. The number of rotatable bonds is 3. The number of nitrogens with one attached hydrogen (secondary N) is 1. The first-order valence-electron chi connectivity index (χ1n) is 5.01. The van der Waals surface area contributed by atoms with E-state index in [-0.39, 0.29) is 24.3 Å². The number of benzene rings is 1. The van der Waals surface area contributed by atoms with Crippen molar-refractivity contribution in [3.8, 4) is 0 Å². The summed E-state index contributed by atoms with van der Waals surface area (Å²) in [7, 11) is 0. The minimum absolute atomic E-state index is 0.0684. The second kappa shape index (κ2) is 4.24. The fourth-order valence-corrected chi connectivity index (χ4v) is 1.70. The molecule has 0 atom stereocenters. The van der Waals surface area contributed by atoms with Crippen LogP contribution in [0.3, 0.4) is 0 Å². The van der Waals surface area contributed by atoms with Gasteiger partial charge in [-0.2, -0.15) is 0 Å². The molecule has 1 aliphatic carbocycles. The first-order valence-corrected chi connectivity index (χ1v) is 5.01. The molecule has 1 aromatic rings. The summed E-state index contributed by atoms with van der Waals surface area (Å²) < 4.78 is 26.3. The van der Waals surface area contributed by atoms with E-state index in [0.29, 0.717) is 12.8 Å². The fraction of sp³-hybridized carbons (Fsp3) is 0.455. The van der Waals surface area contributed by atoms with E-state index in [1.165, 1.54) is 18.2 Å². The molecular formula is C11H13F2NO. The van der Waals surface area contributed by atoms with E-state index < -0.39 is 11.6 Å². The molecule has 1 fully saturated rings. The lowest BCUT2D eigenvalue weighted by atomic mass is 9.89. The van der Waals surface area contributed by atoms with Crippen LogP contribution in [-0.2, 0) is 6.54 Å². The maximum atomic E-state index is 13.2. The zero-order valence-corrected chi connectivity index (χ0v) is 8.21. The molecule has 0 aliphatic heterocycles. The molecule has 0 saturated heterocycles. The fourth-order valence-electron chi connectivity index (χ4n) is 1.70. The average Bonchev–Trinajstić information content (AvgIpc) is 2.14. The van der Waals surface area contributed by atoms with Crippen LogP contribution in [0.2, 0.25) is 0 Å². The van der Waals surface area contributed by atoms with E-state index in [9.17, 15) is 8.78 Å². The molecule has 1 aliphatic rings. The first kappa shape index (κ1) is 10.5. The molecule has 2 N–H and O–H groups in total. The van der Waals surface area contributed by atoms with Gasteiger partial charge in [0.2, 0.25) is 0 Å². The third-order valence-electron chi connectivity index (χ3n) is 2.74. The molecule has 82 valence electrons. The van der Waals surface area contributed by atoms with Crippen molar-refractivity contribution in [2.24, 2.45) is 0 Å². The molecule has 0 aromatic heterocycles. The van der Waals surface area contributed by atoms with Crippen LogP contribution in [0.4, 0.5) is 8.78 Å². The van der Waals surface area contributed by atoms with Gasteiger partial charge in [0.25, 0.3) is 0 Å². The molecule has 1 aromatic carbocycles. The van der Waals surface area contributed by atoms with Crippen LogP contribution in [0.15, 0.2) is 18.2 Å². The van der Waals surface area contributed by atoms with Crippen LogP contribution in [0.25, 0.3) is 0 Å². The highest BCUT2D eigenvalue weighted by Crippen LogP contribution is 2.20. The maximum Gasteiger partial charge on any atom is 0.130 e. The molecular weight excluding hydrogens is 200 g/mol. The Bertz CT molecular complexity index is 330. The first-order chi connectivity index (χ1) is 7.16. The highest BCUT2D eigenvalue weighted by molar-refractivity contribution is 5.19. The lowest BCUT2D eigenvalue weighted by Gasteiger charge is -2.32. The molecule has 15 heavy (non-hydrogen) atoms. The summed E-state index contributed by atoms with van der Waals surface area (Å²) in [5.74, 6) is -1.05. The third-order valence-corrected chi connectivity index (χ3v) is 2.74. The van der Waals surface area contributed by atoms with Crippen molar-refractivity contribution in [1.82, 2.24) is 5.32 Å². The number of aliphatic hydroxyl groups excluding tert-OH is 1. The van der Waals surface area contributed by atoms with Crippen molar-refractivity contribution >= 4 is 0 Å². The van der Waals surface area contributed by atoms with Gasteiger partial charge in [-0.25, -0.2) is 8.78 Å². The van der Waals surface area contributed by atoms with Gasteiger partial charge in [0.1, 0.15) is 11.6 Å². The van der Waals surface area contributed by atoms with Crippen LogP contribution in [-0.4, -0.2) is 17.3 Å². The zero-order chi connectivity index (χ0) is 10.8. The van der Waals surface area contributed by atoms with Gasteiger partial charge in [-0.15, -0.1) is 0 Å². The van der Waals surface area contributed by atoms with Gasteiger partial charge in [-0.05, 0) is 25.0 Å². The number of aliphatic hydroxyl groups is 1. The summed E-state index contributed by atoms with van der Waals surface area (Å²) in [6, 6.07) is 4.02. The van der Waals surface area contributed by atoms with E-state index in [4.69, 9.17) is 5.11 Å². The second-order valence-corrected chi connectivity index (χ2v) is 3.90. The smallest absolute Gasteiger partial charge is 0.130 e. The molecule has 2 nitrogen and oxygen atoms in total. The topological polar surface area (TPSA) is 32.3 Å². The molecule has 0 heterocycles. The maximum absolute atomic E-state index is 13.2. The summed E-state index contributed by atoms with van der Waals surface area (Å²) in [4.78, 5) is 0. The van der Waals surface area contributed by atoms with Crippen LogP contribution < -0.4 is 5.32 Å². The van der Waals surface area contributed by atoms with Crippen molar-refractivity contribution in [3.63, 3.8) is 0 Å². The van der Waals surface area contributed by atoms with Crippen molar-refractivity contribution in [3.05, 3.63) is 35.4 Å². The van der Waals surface area contributed by atoms with E-state index in [2.05, 4.69) is 5.32 Å². The van der Waals surface area contributed by atoms with Crippen LogP contribution in [0.1, 0.15) is 18.4 Å². The van der Waals surface area contributed by atoms with Gasteiger partial charge in [0.15, 0.2) is 0 Å². The van der Waals surface area contributed by atoms with Crippen molar-refractivity contribution < 1.29 is 13.9 Å². The summed E-state index contributed by atoms with van der Waals surface area (Å²) in [5.41, 5.74) is 0.0684. The van der Waals surface area contributed by atoms with Gasteiger partial charge in [0.05, 0.1) is 6.10 Å². The molecule has 4 heteroatoms. The number of hydrogen-bond acceptors (Lipinski definition) is 2.